The molecule has 4 heteroatoms. The van der Waals surface area contributed by atoms with Crippen LogP contribution in [0.15, 0.2) is 30.3 Å². The Kier molecular flexibility index (Phi) is 4.50. The molecular weight excluding hydrogens is 212 g/mol. The number of benzene rings is 1. The van der Waals surface area contributed by atoms with Crippen LogP contribution < -0.4 is 11.2 Å². The lowest BCUT2D eigenvalue weighted by molar-refractivity contribution is 0.0880. The van der Waals surface area contributed by atoms with Crippen molar-refractivity contribution in [2.24, 2.45) is 5.73 Å². The highest BCUT2D eigenvalue weighted by Gasteiger charge is 2.17. The zero-order valence-electron chi connectivity index (χ0n) is 10.5. The highest BCUT2D eigenvalue weighted by molar-refractivity contribution is 5.18. The van der Waals surface area contributed by atoms with E-state index >= 15 is 0 Å². The Morgan fingerprint density at radius 1 is 1.18 bits per heavy atom. The second-order valence-electron chi connectivity index (χ2n) is 4.62. The lowest BCUT2D eigenvalue weighted by Crippen LogP contribution is -2.52. The number of hydrogen-bond acceptors (Lipinski definition) is 4. The molecule has 1 fully saturated rings. The SMILES string of the molecule is CN1CCN(NC(CN)c2ccccc2)CC1. The molecule has 1 aromatic carbocycles. The summed E-state index contributed by atoms with van der Waals surface area (Å²) in [6, 6.07) is 10.6. The molecule has 1 unspecified atom stereocenters. The van der Waals surface area contributed by atoms with Crippen molar-refractivity contribution in [1.82, 2.24) is 15.3 Å². The van der Waals surface area contributed by atoms with E-state index in [0.717, 1.165) is 26.2 Å². The van der Waals surface area contributed by atoms with E-state index in [2.05, 4.69) is 46.6 Å². The molecule has 1 aliphatic heterocycles. The smallest absolute Gasteiger partial charge is 0.0587 e. The Hall–Kier alpha value is -0.940. The Labute approximate surface area is 103 Å². The summed E-state index contributed by atoms with van der Waals surface area (Å²) in [5.74, 6) is 0. The second-order valence-corrected chi connectivity index (χ2v) is 4.62. The zero-order chi connectivity index (χ0) is 12.1. The van der Waals surface area contributed by atoms with Gasteiger partial charge in [-0.05, 0) is 12.6 Å². The van der Waals surface area contributed by atoms with E-state index in [1.165, 1.54) is 5.56 Å². The predicted octanol–water partition coefficient (Wildman–Crippen LogP) is 0.438. The normalized spacial score (nSPS) is 20.4. The molecule has 4 nitrogen and oxygen atoms in total. The number of rotatable bonds is 4. The Morgan fingerprint density at radius 3 is 2.41 bits per heavy atom. The van der Waals surface area contributed by atoms with Gasteiger partial charge in [-0.25, -0.2) is 10.4 Å². The quantitative estimate of drug-likeness (QED) is 0.793. The van der Waals surface area contributed by atoms with Crippen molar-refractivity contribution < 1.29 is 0 Å². The molecule has 0 aliphatic carbocycles. The van der Waals surface area contributed by atoms with Crippen molar-refractivity contribution in [3.8, 4) is 0 Å². The minimum absolute atomic E-state index is 0.222. The van der Waals surface area contributed by atoms with Crippen LogP contribution >= 0.6 is 0 Å². The predicted molar refractivity (Wildman–Crippen MR) is 70.4 cm³/mol. The average molecular weight is 234 g/mol. The standard InChI is InChI=1S/C13H22N4/c1-16-7-9-17(10-8-16)15-13(11-14)12-5-3-2-4-6-12/h2-6,13,15H,7-11,14H2,1H3. The molecule has 0 aromatic heterocycles. The first-order valence-electron chi connectivity index (χ1n) is 6.24. The van der Waals surface area contributed by atoms with Crippen LogP contribution in [0.3, 0.4) is 0 Å². The summed E-state index contributed by atoms with van der Waals surface area (Å²) >= 11 is 0. The summed E-state index contributed by atoms with van der Waals surface area (Å²) < 4.78 is 0. The summed E-state index contributed by atoms with van der Waals surface area (Å²) in [6.45, 7) is 4.95. The van der Waals surface area contributed by atoms with Crippen LogP contribution in [0.2, 0.25) is 0 Å². The van der Waals surface area contributed by atoms with Gasteiger partial charge in [-0.15, -0.1) is 0 Å². The van der Waals surface area contributed by atoms with Gasteiger partial charge < -0.3 is 10.6 Å². The number of likely N-dealkylation sites (N-methyl/N-ethyl adjacent to an activating group) is 1. The van der Waals surface area contributed by atoms with E-state index in [4.69, 9.17) is 5.73 Å². The van der Waals surface area contributed by atoms with Gasteiger partial charge in [-0.1, -0.05) is 30.3 Å². The monoisotopic (exact) mass is 234 g/mol. The van der Waals surface area contributed by atoms with Gasteiger partial charge in [0.2, 0.25) is 0 Å². The fourth-order valence-electron chi connectivity index (χ4n) is 2.10. The second kappa shape index (κ2) is 6.12. The van der Waals surface area contributed by atoms with Crippen LogP contribution in [0.25, 0.3) is 0 Å². The molecule has 2 rings (SSSR count). The molecule has 1 saturated heterocycles. The molecule has 17 heavy (non-hydrogen) atoms. The molecular formula is C13H22N4. The van der Waals surface area contributed by atoms with E-state index in [9.17, 15) is 0 Å². The molecule has 1 aromatic rings. The lowest BCUT2D eigenvalue weighted by Gasteiger charge is -2.35. The molecule has 0 spiro atoms. The molecule has 0 radical (unpaired) electrons. The number of nitrogens with two attached hydrogens (primary N) is 1. The first kappa shape index (κ1) is 12.5. The number of hydrogen-bond donors (Lipinski definition) is 2. The van der Waals surface area contributed by atoms with Gasteiger partial charge in [0.15, 0.2) is 0 Å². The molecule has 0 bridgehead atoms. The first-order valence-corrected chi connectivity index (χ1v) is 6.24. The summed E-state index contributed by atoms with van der Waals surface area (Å²) in [6.07, 6.45) is 0. The van der Waals surface area contributed by atoms with Gasteiger partial charge >= 0.3 is 0 Å². The van der Waals surface area contributed by atoms with E-state index in [1.807, 2.05) is 6.07 Å². The fraction of sp³-hybridized carbons (Fsp3) is 0.538. The Balaban J connectivity index is 1.92. The molecule has 0 amide bonds. The summed E-state index contributed by atoms with van der Waals surface area (Å²) in [4.78, 5) is 2.35. The van der Waals surface area contributed by atoms with Crippen LogP contribution in [0, 0.1) is 0 Å². The third kappa shape index (κ3) is 3.51. The number of piperazine rings is 1. The maximum absolute atomic E-state index is 5.85. The minimum atomic E-state index is 0.222. The van der Waals surface area contributed by atoms with E-state index in [1.54, 1.807) is 0 Å². The van der Waals surface area contributed by atoms with Crippen LogP contribution in [0.1, 0.15) is 11.6 Å². The molecule has 1 heterocycles. The van der Waals surface area contributed by atoms with Crippen LogP contribution in [0.4, 0.5) is 0 Å². The van der Waals surface area contributed by atoms with E-state index in [-0.39, 0.29) is 6.04 Å². The third-order valence-corrected chi connectivity index (χ3v) is 3.28. The summed E-state index contributed by atoms with van der Waals surface area (Å²) in [5, 5.41) is 2.28. The van der Waals surface area contributed by atoms with Gasteiger partial charge in [0.1, 0.15) is 0 Å². The molecule has 0 saturated carbocycles. The van der Waals surface area contributed by atoms with Gasteiger partial charge in [-0.3, -0.25) is 0 Å². The molecule has 1 atom stereocenters. The minimum Gasteiger partial charge on any atom is -0.329 e. The average Bonchev–Trinajstić information content (AvgIpc) is 2.39. The van der Waals surface area contributed by atoms with Gasteiger partial charge in [0, 0.05) is 32.7 Å². The third-order valence-electron chi connectivity index (χ3n) is 3.28. The van der Waals surface area contributed by atoms with Crippen LogP contribution in [0.5, 0.6) is 0 Å². The number of hydrazine groups is 1. The first-order chi connectivity index (χ1) is 8.29. The van der Waals surface area contributed by atoms with Crippen molar-refractivity contribution in [2.75, 3.05) is 39.8 Å². The van der Waals surface area contributed by atoms with Crippen molar-refractivity contribution in [1.29, 1.82) is 0 Å². The maximum atomic E-state index is 5.85. The molecule has 3 N–H and O–H groups in total. The molecule has 94 valence electrons. The van der Waals surface area contributed by atoms with Crippen molar-refractivity contribution >= 4 is 0 Å². The van der Waals surface area contributed by atoms with Gasteiger partial charge in [0.25, 0.3) is 0 Å². The highest BCUT2D eigenvalue weighted by Crippen LogP contribution is 2.12. The zero-order valence-corrected chi connectivity index (χ0v) is 10.5. The van der Waals surface area contributed by atoms with Gasteiger partial charge in [0.05, 0.1) is 6.04 Å². The lowest BCUT2D eigenvalue weighted by atomic mass is 10.1. The Bertz CT molecular complexity index is 319. The number of nitrogens with one attached hydrogen (secondary N) is 1. The highest BCUT2D eigenvalue weighted by atomic mass is 15.5. The largest absolute Gasteiger partial charge is 0.329 e. The van der Waals surface area contributed by atoms with Crippen molar-refractivity contribution in [3.63, 3.8) is 0 Å². The Morgan fingerprint density at radius 2 is 1.82 bits per heavy atom. The number of nitrogens with zero attached hydrogens (tertiary/aromatic N) is 2. The van der Waals surface area contributed by atoms with Gasteiger partial charge in [-0.2, -0.15) is 0 Å². The van der Waals surface area contributed by atoms with Crippen LogP contribution in [-0.4, -0.2) is 49.7 Å². The molecule has 1 aliphatic rings. The summed E-state index contributed by atoms with van der Waals surface area (Å²) in [7, 11) is 2.16. The van der Waals surface area contributed by atoms with Crippen molar-refractivity contribution in [2.45, 2.75) is 6.04 Å². The van der Waals surface area contributed by atoms with E-state index in [0.29, 0.717) is 6.54 Å². The van der Waals surface area contributed by atoms with Crippen molar-refractivity contribution in [3.05, 3.63) is 35.9 Å². The van der Waals surface area contributed by atoms with E-state index < -0.39 is 0 Å². The topological polar surface area (TPSA) is 44.5 Å². The fourth-order valence-corrected chi connectivity index (χ4v) is 2.10. The maximum Gasteiger partial charge on any atom is 0.0587 e. The van der Waals surface area contributed by atoms with Crippen LogP contribution in [-0.2, 0) is 0 Å². The summed E-state index contributed by atoms with van der Waals surface area (Å²) in [5.41, 5.74) is 10.6.